The number of ether oxygens (including phenoxy) is 1. The summed E-state index contributed by atoms with van der Waals surface area (Å²) < 4.78 is 17.8. The van der Waals surface area contributed by atoms with Gasteiger partial charge in [-0.05, 0) is 73.0 Å². The van der Waals surface area contributed by atoms with Gasteiger partial charge < -0.3 is 23.8 Å². The summed E-state index contributed by atoms with van der Waals surface area (Å²) in [7, 11) is -0.351. The van der Waals surface area contributed by atoms with Crippen LogP contribution in [0.5, 0.6) is 0 Å². The van der Waals surface area contributed by atoms with Crippen LogP contribution in [0.25, 0.3) is 0 Å². The number of amides is 1. The van der Waals surface area contributed by atoms with Crippen LogP contribution in [0.4, 0.5) is 10.5 Å². The number of rotatable bonds is 2. The van der Waals surface area contributed by atoms with Gasteiger partial charge in [0.1, 0.15) is 5.60 Å². The van der Waals surface area contributed by atoms with Crippen molar-refractivity contribution >= 4 is 24.4 Å². The van der Waals surface area contributed by atoms with Gasteiger partial charge >= 0.3 is 13.2 Å². The number of carbonyl (C=O) groups excluding carboxylic acids is 1. The van der Waals surface area contributed by atoms with Gasteiger partial charge in [0.2, 0.25) is 0 Å². The molecule has 0 N–H and O–H groups in total. The summed E-state index contributed by atoms with van der Waals surface area (Å²) >= 11 is 0. The Bertz CT molecular complexity index is 726. The molecule has 0 bridgehead atoms. The second-order valence-electron chi connectivity index (χ2n) is 10.1. The van der Waals surface area contributed by atoms with Gasteiger partial charge in [0.25, 0.3) is 0 Å². The fraction of sp³-hybridized carbons (Fsp3) is 0.682. The van der Waals surface area contributed by atoms with E-state index in [-0.39, 0.29) is 30.5 Å². The smallest absolute Gasteiger partial charge is 0.444 e. The van der Waals surface area contributed by atoms with Gasteiger partial charge in [-0.15, -0.1) is 0 Å². The van der Waals surface area contributed by atoms with Gasteiger partial charge in [-0.1, -0.05) is 12.1 Å². The van der Waals surface area contributed by atoms with Crippen LogP contribution in [-0.2, 0) is 14.0 Å². The molecule has 2 heterocycles. The first-order chi connectivity index (χ1) is 13.3. The van der Waals surface area contributed by atoms with E-state index in [1.54, 1.807) is 4.90 Å². The molecular formula is C22H35BN2O4. The Hall–Kier alpha value is -1.73. The molecule has 29 heavy (non-hydrogen) atoms. The number of hydrogen-bond acceptors (Lipinski definition) is 5. The minimum Gasteiger partial charge on any atom is -0.444 e. The van der Waals surface area contributed by atoms with E-state index in [4.69, 9.17) is 14.0 Å². The molecule has 0 aliphatic carbocycles. The maximum absolute atomic E-state index is 12.4. The molecule has 7 heteroatoms. The van der Waals surface area contributed by atoms with Crippen molar-refractivity contribution in [2.45, 2.75) is 78.2 Å². The van der Waals surface area contributed by atoms with E-state index in [9.17, 15) is 4.79 Å². The third-order valence-corrected chi connectivity index (χ3v) is 6.03. The van der Waals surface area contributed by atoms with Gasteiger partial charge in [0, 0.05) is 31.4 Å². The minimum atomic E-state index is -0.471. The molecule has 0 spiro atoms. The number of nitrogens with zero attached hydrogens (tertiary/aromatic N) is 2. The van der Waals surface area contributed by atoms with Crippen LogP contribution in [0.1, 0.15) is 55.4 Å². The molecule has 6 nitrogen and oxygen atoms in total. The lowest BCUT2D eigenvalue weighted by Crippen LogP contribution is -2.54. The minimum absolute atomic E-state index is 0.207. The summed E-state index contributed by atoms with van der Waals surface area (Å²) in [5.41, 5.74) is 1.00. The van der Waals surface area contributed by atoms with Crippen molar-refractivity contribution in [1.82, 2.24) is 4.90 Å². The number of anilines is 1. The SMILES string of the molecule is C[C@@H]1CN(C(=O)OC(C)(C)C)CCN1c1ccc(B2OC(C)(C)C(C)(C)O2)cc1. The fourth-order valence-corrected chi connectivity index (χ4v) is 3.64. The lowest BCUT2D eigenvalue weighted by atomic mass is 9.79. The highest BCUT2D eigenvalue weighted by atomic mass is 16.7. The molecule has 1 atom stereocenters. The van der Waals surface area contributed by atoms with Crippen LogP contribution < -0.4 is 10.4 Å². The highest BCUT2D eigenvalue weighted by molar-refractivity contribution is 6.62. The second-order valence-corrected chi connectivity index (χ2v) is 10.1. The van der Waals surface area contributed by atoms with Crippen molar-refractivity contribution in [2.24, 2.45) is 0 Å². The molecule has 0 radical (unpaired) electrons. The van der Waals surface area contributed by atoms with Crippen LogP contribution in [0.2, 0.25) is 0 Å². The molecule has 1 amide bonds. The van der Waals surface area contributed by atoms with Crippen LogP contribution >= 0.6 is 0 Å². The van der Waals surface area contributed by atoms with Gasteiger partial charge in [-0.2, -0.15) is 0 Å². The van der Waals surface area contributed by atoms with E-state index < -0.39 is 5.60 Å². The zero-order valence-corrected chi connectivity index (χ0v) is 19.1. The van der Waals surface area contributed by atoms with Crippen molar-refractivity contribution in [3.8, 4) is 0 Å². The highest BCUT2D eigenvalue weighted by Gasteiger charge is 2.51. The average Bonchev–Trinajstić information content (AvgIpc) is 2.81. The van der Waals surface area contributed by atoms with Crippen molar-refractivity contribution < 1.29 is 18.8 Å². The van der Waals surface area contributed by atoms with Crippen molar-refractivity contribution in [3.05, 3.63) is 24.3 Å². The standard InChI is InChI=1S/C22H35BN2O4/c1-16-15-24(19(26)27-20(2,3)4)13-14-25(16)18-11-9-17(10-12-18)23-28-21(5,6)22(7,8)29-23/h9-12,16H,13-15H2,1-8H3/t16-/m1/s1. The third-order valence-electron chi connectivity index (χ3n) is 6.03. The quantitative estimate of drug-likeness (QED) is 0.710. The highest BCUT2D eigenvalue weighted by Crippen LogP contribution is 2.36. The van der Waals surface area contributed by atoms with Crippen molar-refractivity contribution in [2.75, 3.05) is 24.5 Å². The second kappa shape index (κ2) is 7.51. The van der Waals surface area contributed by atoms with Gasteiger partial charge in [-0.25, -0.2) is 4.79 Å². The van der Waals surface area contributed by atoms with Crippen LogP contribution in [-0.4, -0.2) is 60.6 Å². The Kier molecular flexibility index (Phi) is 5.69. The maximum atomic E-state index is 12.4. The molecule has 160 valence electrons. The Labute approximate surface area is 175 Å². The molecule has 2 saturated heterocycles. The molecule has 0 unspecified atom stereocenters. The van der Waals surface area contributed by atoms with E-state index >= 15 is 0 Å². The van der Waals surface area contributed by atoms with E-state index in [2.05, 4.69) is 63.8 Å². The predicted octanol–water partition coefficient (Wildman–Crippen LogP) is 3.43. The largest absolute Gasteiger partial charge is 0.494 e. The van der Waals surface area contributed by atoms with Gasteiger partial charge in [0.05, 0.1) is 11.2 Å². The van der Waals surface area contributed by atoms with E-state index in [1.807, 2.05) is 20.8 Å². The zero-order valence-electron chi connectivity index (χ0n) is 19.1. The number of hydrogen-bond donors (Lipinski definition) is 0. The molecule has 1 aromatic carbocycles. The first kappa shape index (κ1) is 22.0. The fourth-order valence-electron chi connectivity index (χ4n) is 3.64. The summed E-state index contributed by atoms with van der Waals surface area (Å²) in [6, 6.07) is 8.58. The molecular weight excluding hydrogens is 367 g/mol. The van der Waals surface area contributed by atoms with E-state index in [1.165, 1.54) is 0 Å². The average molecular weight is 402 g/mol. The molecule has 0 aromatic heterocycles. The van der Waals surface area contributed by atoms with Crippen LogP contribution in [0.3, 0.4) is 0 Å². The summed E-state index contributed by atoms with van der Waals surface area (Å²) in [6.45, 7) is 18.1. The maximum Gasteiger partial charge on any atom is 0.494 e. The third kappa shape index (κ3) is 4.72. The first-order valence-electron chi connectivity index (χ1n) is 10.5. The lowest BCUT2D eigenvalue weighted by molar-refractivity contribution is 0.00578. The summed E-state index contributed by atoms with van der Waals surface area (Å²) in [4.78, 5) is 16.5. The molecule has 2 fully saturated rings. The predicted molar refractivity (Wildman–Crippen MR) is 117 cm³/mol. The van der Waals surface area contributed by atoms with Crippen molar-refractivity contribution in [3.63, 3.8) is 0 Å². The van der Waals surface area contributed by atoms with Gasteiger partial charge in [-0.3, -0.25) is 0 Å². The zero-order chi connectivity index (χ0) is 21.6. The van der Waals surface area contributed by atoms with E-state index in [0.717, 1.165) is 17.7 Å². The van der Waals surface area contributed by atoms with Crippen molar-refractivity contribution in [1.29, 1.82) is 0 Å². The Morgan fingerprint density at radius 3 is 2.10 bits per heavy atom. The van der Waals surface area contributed by atoms with Gasteiger partial charge in [0.15, 0.2) is 0 Å². The summed E-state index contributed by atoms with van der Waals surface area (Å²) in [5, 5.41) is 0. The Balaban J connectivity index is 1.63. The Morgan fingerprint density at radius 1 is 1.07 bits per heavy atom. The number of benzene rings is 1. The monoisotopic (exact) mass is 402 g/mol. The first-order valence-corrected chi connectivity index (χ1v) is 10.5. The summed E-state index contributed by atoms with van der Waals surface area (Å²) in [5.74, 6) is 0. The number of carbonyl (C=O) groups is 1. The normalized spacial score (nSPS) is 24.0. The molecule has 3 rings (SSSR count). The number of piperazine rings is 1. The molecule has 2 aliphatic heterocycles. The topological polar surface area (TPSA) is 51.2 Å². The molecule has 1 aromatic rings. The van der Waals surface area contributed by atoms with E-state index in [0.29, 0.717) is 13.1 Å². The summed E-state index contributed by atoms with van der Waals surface area (Å²) in [6.07, 6.45) is -0.236. The molecule has 0 saturated carbocycles. The van der Waals surface area contributed by atoms with Crippen LogP contribution in [0, 0.1) is 0 Å². The lowest BCUT2D eigenvalue weighted by Gasteiger charge is -2.41. The molecule has 2 aliphatic rings. The Morgan fingerprint density at radius 2 is 1.62 bits per heavy atom. The van der Waals surface area contributed by atoms with Crippen LogP contribution in [0.15, 0.2) is 24.3 Å².